The van der Waals surface area contributed by atoms with Crippen LogP contribution in [0, 0.1) is 6.92 Å². The molecule has 0 unspecified atom stereocenters. The molecule has 2 aromatic rings. The standard InChI is InChI=1S/C23H24O7S/c1-4-28-21(24)19(22(25)29-5-2)20(31(27)18-13-11-16(3)12-14-18)23(26)30-15-17-9-7-6-8-10-17/h6-14H,4-5,15H2,1-3H3/t31-/m0/s1. The molecule has 7 nitrogen and oxygen atoms in total. The van der Waals surface area contributed by atoms with Gasteiger partial charge in [-0.2, -0.15) is 0 Å². The van der Waals surface area contributed by atoms with Gasteiger partial charge in [-0.1, -0.05) is 48.0 Å². The van der Waals surface area contributed by atoms with Crippen molar-refractivity contribution in [2.24, 2.45) is 0 Å². The summed E-state index contributed by atoms with van der Waals surface area (Å²) in [5, 5.41) is 0. The summed E-state index contributed by atoms with van der Waals surface area (Å²) in [6, 6.07) is 15.3. The lowest BCUT2D eigenvalue weighted by Gasteiger charge is -2.13. The summed E-state index contributed by atoms with van der Waals surface area (Å²) in [7, 11) is -2.19. The van der Waals surface area contributed by atoms with Gasteiger partial charge in [0.05, 0.1) is 24.0 Å². The Bertz CT molecular complexity index is 959. The second-order valence-electron chi connectivity index (χ2n) is 6.29. The number of ether oxygens (including phenoxy) is 3. The molecule has 0 saturated carbocycles. The third-order valence-electron chi connectivity index (χ3n) is 4.00. The molecule has 0 fully saturated rings. The minimum absolute atomic E-state index is 0.0503. The van der Waals surface area contributed by atoms with Gasteiger partial charge >= 0.3 is 17.9 Å². The largest absolute Gasteiger partial charge is 0.462 e. The predicted molar refractivity (Wildman–Crippen MR) is 114 cm³/mol. The Hall–Kier alpha value is -3.26. The Morgan fingerprint density at radius 3 is 1.84 bits per heavy atom. The van der Waals surface area contributed by atoms with E-state index in [1.807, 2.05) is 13.0 Å². The Balaban J connectivity index is 2.54. The van der Waals surface area contributed by atoms with Crippen LogP contribution >= 0.6 is 0 Å². The minimum atomic E-state index is -2.19. The second kappa shape index (κ2) is 11.8. The zero-order valence-corrected chi connectivity index (χ0v) is 18.4. The summed E-state index contributed by atoms with van der Waals surface area (Å²) < 4.78 is 28.5. The van der Waals surface area contributed by atoms with Crippen molar-refractivity contribution >= 4 is 28.7 Å². The normalized spacial score (nSPS) is 11.2. The average molecular weight is 445 g/mol. The fourth-order valence-electron chi connectivity index (χ4n) is 2.51. The molecule has 164 valence electrons. The molecule has 2 rings (SSSR count). The predicted octanol–water partition coefficient (Wildman–Crippen LogP) is 3.23. The zero-order chi connectivity index (χ0) is 22.8. The van der Waals surface area contributed by atoms with Crippen molar-refractivity contribution in [3.8, 4) is 0 Å². The highest BCUT2D eigenvalue weighted by molar-refractivity contribution is 7.90. The van der Waals surface area contributed by atoms with Crippen molar-refractivity contribution in [3.05, 3.63) is 76.2 Å². The van der Waals surface area contributed by atoms with E-state index in [0.717, 1.165) is 5.56 Å². The van der Waals surface area contributed by atoms with Crippen molar-refractivity contribution in [3.63, 3.8) is 0 Å². The molecule has 0 N–H and O–H groups in total. The number of rotatable bonds is 9. The molecule has 0 aliphatic heterocycles. The molecule has 0 spiro atoms. The zero-order valence-electron chi connectivity index (χ0n) is 17.6. The lowest BCUT2D eigenvalue weighted by atomic mass is 10.2. The van der Waals surface area contributed by atoms with Crippen molar-refractivity contribution in [2.45, 2.75) is 32.3 Å². The van der Waals surface area contributed by atoms with E-state index in [0.29, 0.717) is 5.56 Å². The number of esters is 3. The first-order chi connectivity index (χ1) is 14.9. The molecule has 0 aromatic heterocycles. The molecule has 0 aliphatic carbocycles. The lowest BCUT2D eigenvalue weighted by Crippen LogP contribution is -2.26. The highest BCUT2D eigenvalue weighted by Crippen LogP contribution is 2.23. The molecular formula is C23H24O7S. The van der Waals surface area contributed by atoms with Gasteiger partial charge in [-0.25, -0.2) is 18.6 Å². The second-order valence-corrected chi connectivity index (χ2v) is 7.71. The topological polar surface area (TPSA) is 96.0 Å². The number of benzene rings is 2. The maximum absolute atomic E-state index is 13.3. The van der Waals surface area contributed by atoms with Crippen LogP contribution in [0.4, 0.5) is 0 Å². The van der Waals surface area contributed by atoms with E-state index in [1.54, 1.807) is 62.4 Å². The van der Waals surface area contributed by atoms with Gasteiger partial charge in [0.2, 0.25) is 0 Å². The third-order valence-corrected chi connectivity index (χ3v) is 5.45. The Kier molecular flexibility index (Phi) is 9.14. The van der Waals surface area contributed by atoms with Crippen LogP contribution in [0.1, 0.15) is 25.0 Å². The lowest BCUT2D eigenvalue weighted by molar-refractivity contribution is -0.148. The fraction of sp³-hybridized carbons (Fsp3) is 0.261. The molecule has 0 aliphatic rings. The number of carbonyl (C=O) groups excluding carboxylic acids is 3. The van der Waals surface area contributed by atoms with E-state index in [4.69, 9.17) is 14.2 Å². The van der Waals surface area contributed by atoms with Gasteiger partial charge in [0.15, 0.2) is 10.5 Å². The van der Waals surface area contributed by atoms with E-state index in [2.05, 4.69) is 0 Å². The molecule has 2 aromatic carbocycles. The smallest absolute Gasteiger partial charge is 0.349 e. The first kappa shape index (κ1) is 24.0. The maximum Gasteiger partial charge on any atom is 0.349 e. The first-order valence-corrected chi connectivity index (χ1v) is 10.8. The summed E-state index contributed by atoms with van der Waals surface area (Å²) in [5.74, 6) is -3.28. The van der Waals surface area contributed by atoms with Gasteiger partial charge in [0.1, 0.15) is 6.61 Å². The van der Waals surface area contributed by atoms with Crippen LogP contribution in [0.5, 0.6) is 0 Å². The molecule has 0 amide bonds. The van der Waals surface area contributed by atoms with Crippen LogP contribution < -0.4 is 0 Å². The van der Waals surface area contributed by atoms with Gasteiger partial charge in [-0.05, 0) is 38.5 Å². The van der Waals surface area contributed by atoms with Crippen LogP contribution in [0.25, 0.3) is 0 Å². The van der Waals surface area contributed by atoms with Gasteiger partial charge in [0.25, 0.3) is 0 Å². The highest BCUT2D eigenvalue weighted by atomic mass is 32.2. The van der Waals surface area contributed by atoms with Gasteiger partial charge in [-0.15, -0.1) is 0 Å². The first-order valence-electron chi connectivity index (χ1n) is 9.67. The van der Waals surface area contributed by atoms with Gasteiger partial charge < -0.3 is 14.2 Å². The van der Waals surface area contributed by atoms with Crippen molar-refractivity contribution in [2.75, 3.05) is 13.2 Å². The molecule has 0 radical (unpaired) electrons. The quantitative estimate of drug-likeness (QED) is 0.193. The van der Waals surface area contributed by atoms with Crippen LogP contribution in [0.3, 0.4) is 0 Å². The number of aryl methyl sites for hydroxylation is 1. The number of carbonyl (C=O) groups is 3. The van der Waals surface area contributed by atoms with Crippen molar-refractivity contribution in [1.29, 1.82) is 0 Å². The third kappa shape index (κ3) is 6.62. The Labute approximate surface area is 183 Å². The molecular weight excluding hydrogens is 420 g/mol. The van der Waals surface area contributed by atoms with E-state index in [9.17, 15) is 18.6 Å². The average Bonchev–Trinajstić information content (AvgIpc) is 2.76. The van der Waals surface area contributed by atoms with Gasteiger partial charge in [0, 0.05) is 4.90 Å². The van der Waals surface area contributed by atoms with Gasteiger partial charge in [-0.3, -0.25) is 0 Å². The van der Waals surface area contributed by atoms with E-state index >= 15 is 0 Å². The summed E-state index contributed by atoms with van der Waals surface area (Å²) in [6.07, 6.45) is 0. The van der Waals surface area contributed by atoms with Crippen LogP contribution in [0.2, 0.25) is 0 Å². The molecule has 1 atom stereocenters. The summed E-state index contributed by atoms with van der Waals surface area (Å²) in [4.78, 5) is 37.7. The molecule has 8 heteroatoms. The maximum atomic E-state index is 13.3. The summed E-state index contributed by atoms with van der Waals surface area (Å²) in [6.45, 7) is 4.71. The Morgan fingerprint density at radius 2 is 1.32 bits per heavy atom. The number of hydrogen-bond acceptors (Lipinski definition) is 7. The van der Waals surface area contributed by atoms with E-state index in [-0.39, 0.29) is 24.7 Å². The van der Waals surface area contributed by atoms with Crippen molar-refractivity contribution < 1.29 is 32.8 Å². The Morgan fingerprint density at radius 1 is 0.774 bits per heavy atom. The molecule has 0 heterocycles. The molecule has 31 heavy (non-hydrogen) atoms. The molecule has 0 saturated heterocycles. The number of hydrogen-bond donors (Lipinski definition) is 0. The summed E-state index contributed by atoms with van der Waals surface area (Å²) in [5.41, 5.74) is 0.861. The highest BCUT2D eigenvalue weighted by Gasteiger charge is 2.35. The minimum Gasteiger partial charge on any atom is -0.462 e. The van der Waals surface area contributed by atoms with E-state index in [1.165, 1.54) is 0 Å². The van der Waals surface area contributed by atoms with Crippen molar-refractivity contribution in [1.82, 2.24) is 0 Å². The van der Waals surface area contributed by atoms with E-state index < -0.39 is 39.2 Å². The van der Waals surface area contributed by atoms with Crippen LogP contribution in [-0.2, 0) is 46.0 Å². The summed E-state index contributed by atoms with van der Waals surface area (Å²) >= 11 is 0. The van der Waals surface area contributed by atoms with Crippen LogP contribution in [-0.4, -0.2) is 35.3 Å². The fourth-order valence-corrected chi connectivity index (χ4v) is 3.70. The molecule has 0 bridgehead atoms. The SMILES string of the molecule is CCOC(=O)C(C(=O)OCC)=C(C(=O)OCc1ccccc1)[S@@](=O)c1ccc(C)cc1. The monoisotopic (exact) mass is 444 g/mol. The van der Waals surface area contributed by atoms with Crippen LogP contribution in [0.15, 0.2) is 70.0 Å².